The quantitative estimate of drug-likeness (QED) is 0.441. The molecule has 0 bridgehead atoms. The van der Waals surface area contributed by atoms with Crippen LogP contribution < -0.4 is 10.1 Å². The summed E-state index contributed by atoms with van der Waals surface area (Å²) < 4.78 is 5.14. The van der Waals surface area contributed by atoms with E-state index in [0.717, 1.165) is 18.1 Å². The molecule has 0 amide bonds. The minimum Gasteiger partial charge on any atom is -0.481 e. The Morgan fingerprint density at radius 3 is 2.54 bits per heavy atom. The van der Waals surface area contributed by atoms with Crippen LogP contribution in [0.5, 0.6) is 5.88 Å². The molecular formula is C18H25IN4O. The van der Waals surface area contributed by atoms with E-state index < -0.39 is 0 Å². The van der Waals surface area contributed by atoms with E-state index in [0.29, 0.717) is 12.4 Å². The molecule has 0 atom stereocenters. The highest BCUT2D eigenvalue weighted by atomic mass is 127. The van der Waals surface area contributed by atoms with E-state index >= 15 is 0 Å². The Morgan fingerprint density at radius 1 is 1.21 bits per heavy atom. The molecule has 0 aliphatic carbocycles. The van der Waals surface area contributed by atoms with E-state index in [-0.39, 0.29) is 24.0 Å². The fourth-order valence-electron chi connectivity index (χ4n) is 2.28. The van der Waals surface area contributed by atoms with Gasteiger partial charge < -0.3 is 15.0 Å². The van der Waals surface area contributed by atoms with Crippen molar-refractivity contribution in [2.75, 3.05) is 21.2 Å². The van der Waals surface area contributed by atoms with E-state index in [1.165, 1.54) is 11.1 Å². The minimum absolute atomic E-state index is 0. The molecule has 24 heavy (non-hydrogen) atoms. The number of methoxy groups -OCH3 is 1. The SMILES string of the molecule is CN=C(NCc1ccnc(OC)c1)N(C)Cc1ccc(C)cc1.I. The van der Waals surface area contributed by atoms with Crippen LogP contribution in [-0.2, 0) is 13.1 Å². The summed E-state index contributed by atoms with van der Waals surface area (Å²) in [5, 5.41) is 3.36. The molecule has 0 spiro atoms. The van der Waals surface area contributed by atoms with Gasteiger partial charge in [0, 0.05) is 39.4 Å². The highest BCUT2D eigenvalue weighted by Gasteiger charge is 2.07. The number of aliphatic imine (C=N–C) groups is 1. The number of hydrogen-bond acceptors (Lipinski definition) is 3. The molecule has 1 aromatic heterocycles. The zero-order valence-electron chi connectivity index (χ0n) is 14.6. The Hall–Kier alpha value is -1.83. The Kier molecular flexibility index (Phi) is 8.53. The fourth-order valence-corrected chi connectivity index (χ4v) is 2.28. The predicted molar refractivity (Wildman–Crippen MR) is 109 cm³/mol. The number of guanidine groups is 1. The molecule has 0 aliphatic rings. The van der Waals surface area contributed by atoms with Crippen LogP contribution in [-0.4, -0.2) is 37.0 Å². The standard InChI is InChI=1S/C18H24N4O.HI/c1-14-5-7-15(8-6-14)13-22(3)18(19-2)21-12-16-9-10-20-17(11-16)23-4;/h5-11H,12-13H2,1-4H3,(H,19,21);1H. The lowest BCUT2D eigenvalue weighted by Crippen LogP contribution is -2.38. The van der Waals surface area contributed by atoms with Crippen molar-refractivity contribution >= 4 is 29.9 Å². The van der Waals surface area contributed by atoms with Gasteiger partial charge in [-0.1, -0.05) is 29.8 Å². The van der Waals surface area contributed by atoms with Crippen molar-refractivity contribution in [2.45, 2.75) is 20.0 Å². The van der Waals surface area contributed by atoms with Crippen LogP contribution in [0, 0.1) is 6.92 Å². The van der Waals surface area contributed by atoms with Gasteiger partial charge in [0.2, 0.25) is 5.88 Å². The number of rotatable bonds is 5. The number of nitrogens with zero attached hydrogens (tertiary/aromatic N) is 3. The van der Waals surface area contributed by atoms with Crippen LogP contribution in [0.25, 0.3) is 0 Å². The molecule has 1 aromatic carbocycles. The second-order valence-electron chi connectivity index (χ2n) is 5.45. The third-order valence-corrected chi connectivity index (χ3v) is 3.57. The van der Waals surface area contributed by atoms with Crippen LogP contribution in [0.15, 0.2) is 47.6 Å². The predicted octanol–water partition coefficient (Wildman–Crippen LogP) is 3.22. The molecule has 5 nitrogen and oxygen atoms in total. The molecule has 0 fully saturated rings. The highest BCUT2D eigenvalue weighted by molar-refractivity contribution is 14.0. The van der Waals surface area contributed by atoms with Crippen molar-refractivity contribution in [1.29, 1.82) is 0 Å². The van der Waals surface area contributed by atoms with Crippen molar-refractivity contribution in [3.05, 3.63) is 59.3 Å². The lowest BCUT2D eigenvalue weighted by Gasteiger charge is -2.22. The molecule has 6 heteroatoms. The first-order chi connectivity index (χ1) is 11.1. The van der Waals surface area contributed by atoms with Crippen LogP contribution in [0.4, 0.5) is 0 Å². The van der Waals surface area contributed by atoms with Gasteiger partial charge in [-0.3, -0.25) is 4.99 Å². The molecule has 1 N–H and O–H groups in total. The Morgan fingerprint density at radius 2 is 1.92 bits per heavy atom. The summed E-state index contributed by atoms with van der Waals surface area (Å²) in [4.78, 5) is 10.6. The van der Waals surface area contributed by atoms with Crippen molar-refractivity contribution in [1.82, 2.24) is 15.2 Å². The van der Waals surface area contributed by atoms with Crippen LogP contribution >= 0.6 is 24.0 Å². The Labute approximate surface area is 161 Å². The van der Waals surface area contributed by atoms with Gasteiger partial charge in [0.25, 0.3) is 0 Å². The molecule has 0 aliphatic heterocycles. The molecular weight excluding hydrogens is 415 g/mol. The van der Waals surface area contributed by atoms with Crippen molar-refractivity contribution in [2.24, 2.45) is 4.99 Å². The molecule has 2 aromatic rings. The largest absolute Gasteiger partial charge is 0.481 e. The molecule has 0 radical (unpaired) electrons. The number of benzene rings is 1. The number of hydrogen-bond donors (Lipinski definition) is 1. The summed E-state index contributed by atoms with van der Waals surface area (Å²) >= 11 is 0. The zero-order valence-corrected chi connectivity index (χ0v) is 16.9. The molecule has 2 rings (SSSR count). The number of nitrogens with one attached hydrogen (secondary N) is 1. The summed E-state index contributed by atoms with van der Waals surface area (Å²) in [6.45, 7) is 3.57. The molecule has 1 heterocycles. The summed E-state index contributed by atoms with van der Waals surface area (Å²) in [7, 11) is 5.44. The lowest BCUT2D eigenvalue weighted by molar-refractivity contribution is 0.397. The molecule has 0 unspecified atom stereocenters. The number of halogens is 1. The van der Waals surface area contributed by atoms with Gasteiger partial charge in [-0.15, -0.1) is 24.0 Å². The maximum atomic E-state index is 5.14. The van der Waals surface area contributed by atoms with Crippen LogP contribution in [0.1, 0.15) is 16.7 Å². The average Bonchev–Trinajstić information content (AvgIpc) is 2.57. The van der Waals surface area contributed by atoms with Gasteiger partial charge >= 0.3 is 0 Å². The third kappa shape index (κ3) is 5.99. The number of pyridine rings is 1. The third-order valence-electron chi connectivity index (χ3n) is 3.57. The first kappa shape index (κ1) is 20.2. The second kappa shape index (κ2) is 10.1. The number of aryl methyl sites for hydroxylation is 1. The molecule has 0 saturated carbocycles. The average molecular weight is 440 g/mol. The summed E-state index contributed by atoms with van der Waals surface area (Å²) in [6, 6.07) is 12.4. The topological polar surface area (TPSA) is 49.8 Å². The first-order valence-electron chi connectivity index (χ1n) is 7.58. The van der Waals surface area contributed by atoms with Gasteiger partial charge in [0.1, 0.15) is 0 Å². The Bertz CT molecular complexity index is 658. The molecule has 0 saturated heterocycles. The Balaban J connectivity index is 0.00000288. The van der Waals surface area contributed by atoms with E-state index in [4.69, 9.17) is 4.74 Å². The maximum absolute atomic E-state index is 5.14. The van der Waals surface area contributed by atoms with Gasteiger partial charge in [-0.2, -0.15) is 0 Å². The summed E-state index contributed by atoms with van der Waals surface area (Å²) in [5.74, 6) is 1.47. The van der Waals surface area contributed by atoms with Crippen molar-refractivity contribution in [3.63, 3.8) is 0 Å². The van der Waals surface area contributed by atoms with Gasteiger partial charge in [0.15, 0.2) is 5.96 Å². The summed E-state index contributed by atoms with van der Waals surface area (Å²) in [6.07, 6.45) is 1.74. The number of ether oxygens (including phenoxy) is 1. The van der Waals surface area contributed by atoms with Crippen molar-refractivity contribution < 1.29 is 4.74 Å². The van der Waals surface area contributed by atoms with Gasteiger partial charge in [-0.05, 0) is 24.1 Å². The molecule has 130 valence electrons. The normalized spacial score (nSPS) is 10.8. The van der Waals surface area contributed by atoms with Crippen LogP contribution in [0.2, 0.25) is 0 Å². The van der Waals surface area contributed by atoms with E-state index in [1.54, 1.807) is 20.4 Å². The van der Waals surface area contributed by atoms with E-state index in [9.17, 15) is 0 Å². The van der Waals surface area contributed by atoms with E-state index in [1.807, 2.05) is 19.2 Å². The fraction of sp³-hybridized carbons (Fsp3) is 0.333. The lowest BCUT2D eigenvalue weighted by atomic mass is 10.1. The van der Waals surface area contributed by atoms with Gasteiger partial charge in [0.05, 0.1) is 7.11 Å². The smallest absolute Gasteiger partial charge is 0.213 e. The monoisotopic (exact) mass is 440 g/mol. The summed E-state index contributed by atoms with van der Waals surface area (Å²) in [5.41, 5.74) is 3.62. The minimum atomic E-state index is 0. The number of aromatic nitrogens is 1. The highest BCUT2D eigenvalue weighted by Crippen LogP contribution is 2.09. The maximum Gasteiger partial charge on any atom is 0.213 e. The van der Waals surface area contributed by atoms with Crippen LogP contribution in [0.3, 0.4) is 0 Å². The van der Waals surface area contributed by atoms with Crippen molar-refractivity contribution in [3.8, 4) is 5.88 Å². The van der Waals surface area contributed by atoms with E-state index in [2.05, 4.69) is 51.4 Å². The first-order valence-corrected chi connectivity index (χ1v) is 7.58. The second-order valence-corrected chi connectivity index (χ2v) is 5.45. The van der Waals surface area contributed by atoms with Gasteiger partial charge in [-0.25, -0.2) is 4.98 Å². The zero-order chi connectivity index (χ0) is 16.7.